The second-order valence-corrected chi connectivity index (χ2v) is 7.88. The maximum atomic E-state index is 12.5. The first-order valence-electron chi connectivity index (χ1n) is 8.79. The number of aromatic nitrogens is 2. The predicted octanol–water partition coefficient (Wildman–Crippen LogP) is 3.98. The molecule has 0 aliphatic carbocycles. The summed E-state index contributed by atoms with van der Waals surface area (Å²) in [5, 5.41) is 4.14. The summed E-state index contributed by atoms with van der Waals surface area (Å²) in [7, 11) is 0. The van der Waals surface area contributed by atoms with Crippen molar-refractivity contribution in [3.05, 3.63) is 24.2 Å². The number of carbonyl (C=O) groups is 1. The van der Waals surface area contributed by atoms with E-state index in [1.807, 2.05) is 25.7 Å². The Morgan fingerprint density at radius 3 is 2.60 bits per heavy atom. The maximum absolute atomic E-state index is 12.5. The molecule has 0 spiro atoms. The average molecular weight is 345 g/mol. The minimum absolute atomic E-state index is 0.184. The van der Waals surface area contributed by atoms with Crippen LogP contribution >= 0.6 is 0 Å². The highest BCUT2D eigenvalue weighted by Gasteiger charge is 2.46. The summed E-state index contributed by atoms with van der Waals surface area (Å²) >= 11 is 0. The predicted molar refractivity (Wildman–Crippen MR) is 88.9 cm³/mol. The summed E-state index contributed by atoms with van der Waals surface area (Å²) in [6.45, 7) is 5.69. The molecule has 2 atom stereocenters. The first kappa shape index (κ1) is 16.2. The smallest absolute Gasteiger partial charge is 0.410 e. The molecule has 4 heterocycles. The van der Waals surface area contributed by atoms with Crippen LogP contribution in [0.4, 0.5) is 4.79 Å². The molecule has 0 aromatic carbocycles. The van der Waals surface area contributed by atoms with Gasteiger partial charge in [0.25, 0.3) is 5.89 Å². The van der Waals surface area contributed by atoms with Gasteiger partial charge in [0, 0.05) is 18.0 Å². The molecule has 2 aliphatic rings. The van der Waals surface area contributed by atoms with Crippen molar-refractivity contribution in [3.63, 3.8) is 0 Å². The summed E-state index contributed by atoms with van der Waals surface area (Å²) < 4.78 is 16.2. The highest BCUT2D eigenvalue weighted by molar-refractivity contribution is 5.69. The van der Waals surface area contributed by atoms with E-state index in [-0.39, 0.29) is 24.1 Å². The van der Waals surface area contributed by atoms with Crippen molar-refractivity contribution in [2.75, 3.05) is 0 Å². The molecule has 1 amide bonds. The normalized spacial score (nSPS) is 26.0. The third-order valence-electron chi connectivity index (χ3n) is 4.88. The molecule has 2 aromatic heterocycles. The Bertz CT molecular complexity index is 733. The van der Waals surface area contributed by atoms with Gasteiger partial charge in [0.1, 0.15) is 5.60 Å². The van der Waals surface area contributed by atoms with Gasteiger partial charge in [0.15, 0.2) is 11.6 Å². The van der Waals surface area contributed by atoms with E-state index in [9.17, 15) is 4.79 Å². The van der Waals surface area contributed by atoms with Gasteiger partial charge in [-0.05, 0) is 58.6 Å². The van der Waals surface area contributed by atoms with Crippen LogP contribution in [0.15, 0.2) is 27.3 Å². The lowest BCUT2D eigenvalue weighted by Crippen LogP contribution is -2.48. The number of fused-ring (bicyclic) bond motifs is 2. The number of hydrogen-bond acceptors (Lipinski definition) is 6. The molecule has 134 valence electrons. The number of nitrogens with zero attached hydrogens (tertiary/aromatic N) is 3. The van der Waals surface area contributed by atoms with Crippen molar-refractivity contribution in [2.24, 2.45) is 0 Å². The van der Waals surface area contributed by atoms with E-state index < -0.39 is 5.60 Å². The van der Waals surface area contributed by atoms with Gasteiger partial charge in [-0.25, -0.2) is 4.79 Å². The van der Waals surface area contributed by atoms with E-state index in [0.717, 1.165) is 25.7 Å². The van der Waals surface area contributed by atoms with Crippen LogP contribution in [0.3, 0.4) is 0 Å². The second-order valence-electron chi connectivity index (χ2n) is 7.88. The average Bonchev–Trinajstić information content (AvgIpc) is 3.24. The first-order valence-corrected chi connectivity index (χ1v) is 8.79. The van der Waals surface area contributed by atoms with E-state index in [2.05, 4.69) is 10.1 Å². The fourth-order valence-corrected chi connectivity index (χ4v) is 3.90. The SMILES string of the molecule is CC(C)(C)OC(=O)N1C2CCC1CC(c1noc(-c3ccco3)n1)C2. The number of carbonyl (C=O) groups excluding carboxylic acids is 1. The molecule has 2 saturated heterocycles. The molecule has 2 aromatic rings. The molecule has 0 saturated carbocycles. The zero-order valence-corrected chi connectivity index (χ0v) is 14.8. The Morgan fingerprint density at radius 1 is 1.28 bits per heavy atom. The van der Waals surface area contributed by atoms with Gasteiger partial charge >= 0.3 is 6.09 Å². The van der Waals surface area contributed by atoms with Crippen LogP contribution in [0.1, 0.15) is 58.2 Å². The van der Waals surface area contributed by atoms with Gasteiger partial charge in [-0.15, -0.1) is 0 Å². The van der Waals surface area contributed by atoms with Crippen molar-refractivity contribution in [1.29, 1.82) is 0 Å². The minimum atomic E-state index is -0.473. The van der Waals surface area contributed by atoms with Crippen LogP contribution in [0, 0.1) is 0 Å². The molecule has 25 heavy (non-hydrogen) atoms. The van der Waals surface area contributed by atoms with Gasteiger partial charge in [-0.2, -0.15) is 4.98 Å². The van der Waals surface area contributed by atoms with Gasteiger partial charge in [0.05, 0.1) is 6.26 Å². The van der Waals surface area contributed by atoms with Gasteiger partial charge in [-0.1, -0.05) is 5.16 Å². The third-order valence-corrected chi connectivity index (χ3v) is 4.88. The number of hydrogen-bond donors (Lipinski definition) is 0. The zero-order chi connectivity index (χ0) is 17.6. The lowest BCUT2D eigenvalue weighted by molar-refractivity contribution is 0.00548. The molecule has 7 heteroatoms. The number of piperidine rings is 1. The monoisotopic (exact) mass is 345 g/mol. The lowest BCUT2D eigenvalue weighted by atomic mass is 9.90. The van der Waals surface area contributed by atoms with E-state index >= 15 is 0 Å². The molecule has 0 N–H and O–H groups in total. The Balaban J connectivity index is 1.47. The molecule has 0 radical (unpaired) electrons. The van der Waals surface area contributed by atoms with E-state index in [1.165, 1.54) is 0 Å². The van der Waals surface area contributed by atoms with Gasteiger partial charge in [-0.3, -0.25) is 0 Å². The topological polar surface area (TPSA) is 81.6 Å². The fourth-order valence-electron chi connectivity index (χ4n) is 3.90. The molecule has 2 fully saturated rings. The van der Waals surface area contributed by atoms with Crippen LogP contribution in [-0.4, -0.2) is 38.8 Å². The van der Waals surface area contributed by atoms with Crippen LogP contribution in [0.25, 0.3) is 11.7 Å². The molecule has 4 rings (SSSR count). The van der Waals surface area contributed by atoms with Crippen molar-refractivity contribution in [1.82, 2.24) is 15.0 Å². The Morgan fingerprint density at radius 2 is 2.00 bits per heavy atom. The molecule has 2 aliphatic heterocycles. The van der Waals surface area contributed by atoms with Crippen LogP contribution in [0.5, 0.6) is 0 Å². The van der Waals surface area contributed by atoms with Crippen molar-refractivity contribution < 1.29 is 18.5 Å². The minimum Gasteiger partial charge on any atom is -0.459 e. The standard InChI is InChI=1S/C18H23N3O4/c1-18(2,3)24-17(22)21-12-6-7-13(21)10-11(9-12)15-19-16(25-20-15)14-5-4-8-23-14/h4-5,8,11-13H,6-7,9-10H2,1-3H3. The van der Waals surface area contributed by atoms with Crippen LogP contribution in [0.2, 0.25) is 0 Å². The Hall–Kier alpha value is -2.31. The van der Waals surface area contributed by atoms with Gasteiger partial charge < -0.3 is 18.6 Å². The molecular formula is C18H23N3O4. The fraction of sp³-hybridized carbons (Fsp3) is 0.611. The largest absolute Gasteiger partial charge is 0.459 e. The number of ether oxygens (including phenoxy) is 1. The van der Waals surface area contributed by atoms with Crippen molar-refractivity contribution in [3.8, 4) is 11.7 Å². The third kappa shape index (κ3) is 3.15. The first-order chi connectivity index (χ1) is 11.9. The summed E-state index contributed by atoms with van der Waals surface area (Å²) in [6.07, 6.45) is 5.06. The second kappa shape index (κ2) is 5.89. The zero-order valence-electron chi connectivity index (χ0n) is 14.8. The Labute approximate surface area is 146 Å². The number of furan rings is 1. The summed E-state index contributed by atoms with van der Waals surface area (Å²) in [5.41, 5.74) is -0.473. The molecule has 2 bridgehead atoms. The molecular weight excluding hydrogens is 322 g/mol. The maximum Gasteiger partial charge on any atom is 0.410 e. The molecule has 7 nitrogen and oxygen atoms in total. The Kier molecular flexibility index (Phi) is 3.81. The summed E-state index contributed by atoms with van der Waals surface area (Å²) in [6, 6.07) is 3.96. The summed E-state index contributed by atoms with van der Waals surface area (Å²) in [5.74, 6) is 1.88. The van der Waals surface area contributed by atoms with Crippen molar-refractivity contribution in [2.45, 2.75) is 70.1 Å². The van der Waals surface area contributed by atoms with Gasteiger partial charge in [0.2, 0.25) is 0 Å². The van der Waals surface area contributed by atoms with Crippen LogP contribution < -0.4 is 0 Å². The highest BCUT2D eigenvalue weighted by Crippen LogP contribution is 2.43. The number of rotatable bonds is 2. The molecule has 2 unspecified atom stereocenters. The van der Waals surface area contributed by atoms with Crippen molar-refractivity contribution >= 4 is 6.09 Å². The number of amides is 1. The quantitative estimate of drug-likeness (QED) is 0.819. The van der Waals surface area contributed by atoms with Crippen LogP contribution in [-0.2, 0) is 4.74 Å². The van der Waals surface area contributed by atoms with E-state index in [0.29, 0.717) is 17.5 Å². The highest BCUT2D eigenvalue weighted by atomic mass is 16.6. The van der Waals surface area contributed by atoms with E-state index in [4.69, 9.17) is 13.7 Å². The summed E-state index contributed by atoms with van der Waals surface area (Å²) in [4.78, 5) is 18.9. The lowest BCUT2D eigenvalue weighted by Gasteiger charge is -2.38. The van der Waals surface area contributed by atoms with E-state index in [1.54, 1.807) is 18.4 Å².